The lowest BCUT2D eigenvalue weighted by Crippen LogP contribution is -2.36. The topological polar surface area (TPSA) is 34.2 Å². The summed E-state index contributed by atoms with van der Waals surface area (Å²) in [6.45, 7) is 4.90. The molecule has 1 fully saturated rings. The fraction of sp³-hybridized carbons (Fsp3) is 0.292. The Kier molecular flexibility index (Phi) is 5.82. The van der Waals surface area contributed by atoms with Crippen LogP contribution in [0.25, 0.3) is 11.1 Å². The summed E-state index contributed by atoms with van der Waals surface area (Å²) in [5, 5.41) is 5.00. The minimum atomic E-state index is -0.345. The number of hydrogen-bond donors (Lipinski definition) is 1. The highest BCUT2D eigenvalue weighted by Crippen LogP contribution is 2.39. The van der Waals surface area contributed by atoms with Crippen LogP contribution in [-0.4, -0.2) is 11.1 Å². The number of rotatable bonds is 7. The summed E-state index contributed by atoms with van der Waals surface area (Å²) >= 11 is 12.5. The molecule has 0 saturated heterocycles. The van der Waals surface area contributed by atoms with Crippen LogP contribution in [0.1, 0.15) is 37.8 Å². The molecule has 1 aromatic heterocycles. The number of halogens is 2. The number of benzene rings is 2. The standard InChI is InChI=1S/C24H24Cl2N2O/c1-24(2,28-14-16-13-17(25)7-10-22(16)26)21-15-27-12-11-19(21)20-5-3-4-6-23(20)29-18-8-9-18/h3-7,10-13,15,18,28H,8-9,14H2,1-2H3. The highest BCUT2D eigenvalue weighted by Gasteiger charge is 2.28. The van der Waals surface area contributed by atoms with E-state index >= 15 is 0 Å². The smallest absolute Gasteiger partial charge is 0.127 e. The third-order valence-corrected chi connectivity index (χ3v) is 5.82. The predicted molar refractivity (Wildman–Crippen MR) is 120 cm³/mol. The summed E-state index contributed by atoms with van der Waals surface area (Å²) in [6, 6.07) is 15.8. The van der Waals surface area contributed by atoms with Crippen molar-refractivity contribution in [1.29, 1.82) is 0 Å². The van der Waals surface area contributed by atoms with Crippen molar-refractivity contribution in [2.45, 2.75) is 44.9 Å². The summed E-state index contributed by atoms with van der Waals surface area (Å²) in [7, 11) is 0. The van der Waals surface area contributed by atoms with Crippen LogP contribution in [0, 0.1) is 0 Å². The van der Waals surface area contributed by atoms with Crippen LogP contribution in [-0.2, 0) is 12.1 Å². The fourth-order valence-electron chi connectivity index (χ4n) is 3.37. The summed E-state index contributed by atoms with van der Waals surface area (Å²) in [6.07, 6.45) is 6.36. The van der Waals surface area contributed by atoms with Gasteiger partial charge in [0, 0.05) is 40.1 Å². The van der Waals surface area contributed by atoms with E-state index in [4.69, 9.17) is 27.9 Å². The molecule has 0 aliphatic heterocycles. The molecule has 1 heterocycles. The highest BCUT2D eigenvalue weighted by molar-refractivity contribution is 6.33. The molecule has 3 aromatic rings. The van der Waals surface area contributed by atoms with Gasteiger partial charge in [-0.3, -0.25) is 4.98 Å². The van der Waals surface area contributed by atoms with Gasteiger partial charge in [0.2, 0.25) is 0 Å². The molecule has 1 aliphatic carbocycles. The van der Waals surface area contributed by atoms with Crippen molar-refractivity contribution in [2.24, 2.45) is 0 Å². The molecule has 0 unspecified atom stereocenters. The normalized spacial score (nSPS) is 14.1. The van der Waals surface area contributed by atoms with Crippen LogP contribution in [0.4, 0.5) is 0 Å². The Bertz CT molecular complexity index is 1020. The second-order valence-corrected chi connectivity index (χ2v) is 8.79. The van der Waals surface area contributed by atoms with Gasteiger partial charge in [-0.1, -0.05) is 41.4 Å². The number of nitrogens with zero attached hydrogens (tertiary/aromatic N) is 1. The number of nitrogens with one attached hydrogen (secondary N) is 1. The van der Waals surface area contributed by atoms with Gasteiger partial charge in [-0.2, -0.15) is 0 Å². The molecule has 5 heteroatoms. The minimum Gasteiger partial charge on any atom is -0.490 e. The monoisotopic (exact) mass is 426 g/mol. The van der Waals surface area contributed by atoms with E-state index in [9.17, 15) is 0 Å². The Hall–Kier alpha value is -2.07. The molecule has 1 saturated carbocycles. The van der Waals surface area contributed by atoms with E-state index in [0.29, 0.717) is 22.7 Å². The first kappa shape index (κ1) is 20.2. The lowest BCUT2D eigenvalue weighted by Gasteiger charge is -2.30. The Balaban J connectivity index is 1.64. The molecule has 0 radical (unpaired) electrons. The Labute approximate surface area is 182 Å². The SMILES string of the molecule is CC(C)(NCc1cc(Cl)ccc1Cl)c1cnccc1-c1ccccc1OC1CC1. The third kappa shape index (κ3) is 4.75. The maximum Gasteiger partial charge on any atom is 0.127 e. The first-order valence-corrected chi connectivity index (χ1v) is 10.6. The van der Waals surface area contributed by atoms with Gasteiger partial charge < -0.3 is 10.1 Å². The Morgan fingerprint density at radius 3 is 2.66 bits per heavy atom. The zero-order valence-corrected chi connectivity index (χ0v) is 18.1. The largest absolute Gasteiger partial charge is 0.490 e. The zero-order chi connectivity index (χ0) is 20.4. The quantitative estimate of drug-likeness (QED) is 0.460. The maximum absolute atomic E-state index is 6.35. The first-order valence-electron chi connectivity index (χ1n) is 9.83. The van der Waals surface area contributed by atoms with E-state index in [1.165, 1.54) is 0 Å². The minimum absolute atomic E-state index is 0.345. The fourth-order valence-corrected chi connectivity index (χ4v) is 3.75. The predicted octanol–water partition coefficient (Wildman–Crippen LogP) is 6.62. The van der Waals surface area contributed by atoms with Crippen molar-refractivity contribution in [1.82, 2.24) is 10.3 Å². The molecule has 0 amide bonds. The number of aromatic nitrogens is 1. The molecule has 0 bridgehead atoms. The second-order valence-electron chi connectivity index (χ2n) is 7.95. The van der Waals surface area contributed by atoms with Gasteiger partial charge in [0.05, 0.1) is 6.10 Å². The average molecular weight is 427 g/mol. The molecule has 2 aromatic carbocycles. The van der Waals surface area contributed by atoms with Gasteiger partial charge in [-0.15, -0.1) is 0 Å². The first-order chi connectivity index (χ1) is 13.9. The van der Waals surface area contributed by atoms with Crippen LogP contribution in [0.2, 0.25) is 10.0 Å². The summed E-state index contributed by atoms with van der Waals surface area (Å²) in [5.41, 5.74) is 3.93. The van der Waals surface area contributed by atoms with Gasteiger partial charge >= 0.3 is 0 Å². The van der Waals surface area contributed by atoms with Gasteiger partial charge in [-0.25, -0.2) is 0 Å². The number of hydrogen-bond acceptors (Lipinski definition) is 3. The van der Waals surface area contributed by atoms with Crippen molar-refractivity contribution in [2.75, 3.05) is 0 Å². The zero-order valence-electron chi connectivity index (χ0n) is 16.6. The Morgan fingerprint density at radius 1 is 1.07 bits per heavy atom. The van der Waals surface area contributed by atoms with Crippen molar-refractivity contribution in [3.05, 3.63) is 82.1 Å². The van der Waals surface area contributed by atoms with E-state index < -0.39 is 0 Å². The van der Waals surface area contributed by atoms with Crippen molar-refractivity contribution >= 4 is 23.2 Å². The summed E-state index contributed by atoms with van der Waals surface area (Å²) in [5.74, 6) is 0.927. The second kappa shape index (κ2) is 8.35. The van der Waals surface area contributed by atoms with E-state index in [2.05, 4.69) is 36.3 Å². The molecule has 4 rings (SSSR count). The number of pyridine rings is 1. The van der Waals surface area contributed by atoms with Gasteiger partial charge in [-0.05, 0) is 73.7 Å². The molecule has 150 valence electrons. The molecule has 29 heavy (non-hydrogen) atoms. The summed E-state index contributed by atoms with van der Waals surface area (Å²) < 4.78 is 6.16. The molecule has 3 nitrogen and oxygen atoms in total. The maximum atomic E-state index is 6.35. The van der Waals surface area contributed by atoms with Crippen molar-refractivity contribution in [3.8, 4) is 16.9 Å². The van der Waals surface area contributed by atoms with Crippen LogP contribution in [0.15, 0.2) is 60.9 Å². The summed E-state index contributed by atoms with van der Waals surface area (Å²) in [4.78, 5) is 4.40. The van der Waals surface area contributed by atoms with E-state index in [1.54, 1.807) is 6.07 Å². The van der Waals surface area contributed by atoms with E-state index in [-0.39, 0.29) is 5.54 Å². The molecular formula is C24H24Cl2N2O. The van der Waals surface area contributed by atoms with Crippen molar-refractivity contribution < 1.29 is 4.74 Å². The number of ether oxygens (including phenoxy) is 1. The molecular weight excluding hydrogens is 403 g/mol. The van der Waals surface area contributed by atoms with Crippen molar-refractivity contribution in [3.63, 3.8) is 0 Å². The highest BCUT2D eigenvalue weighted by atomic mass is 35.5. The molecule has 0 spiro atoms. The van der Waals surface area contributed by atoms with Gasteiger partial charge in [0.15, 0.2) is 0 Å². The van der Waals surface area contributed by atoms with Gasteiger partial charge in [0.25, 0.3) is 0 Å². The molecule has 0 atom stereocenters. The Morgan fingerprint density at radius 2 is 1.86 bits per heavy atom. The lowest BCUT2D eigenvalue weighted by atomic mass is 9.88. The van der Waals surface area contributed by atoms with Crippen LogP contribution in [0.3, 0.4) is 0 Å². The van der Waals surface area contributed by atoms with E-state index in [0.717, 1.165) is 40.8 Å². The molecule has 1 aliphatic rings. The molecule has 1 N–H and O–H groups in total. The van der Waals surface area contributed by atoms with Gasteiger partial charge in [0.1, 0.15) is 5.75 Å². The number of para-hydroxylation sites is 1. The third-order valence-electron chi connectivity index (χ3n) is 5.22. The van der Waals surface area contributed by atoms with Crippen LogP contribution >= 0.6 is 23.2 Å². The van der Waals surface area contributed by atoms with Crippen LogP contribution < -0.4 is 10.1 Å². The average Bonchev–Trinajstić information content (AvgIpc) is 3.53. The van der Waals surface area contributed by atoms with E-state index in [1.807, 2.05) is 42.7 Å². The lowest BCUT2D eigenvalue weighted by molar-refractivity contribution is 0.304. The van der Waals surface area contributed by atoms with Crippen LogP contribution in [0.5, 0.6) is 5.75 Å².